The van der Waals surface area contributed by atoms with E-state index in [9.17, 15) is 9.59 Å². The van der Waals surface area contributed by atoms with Crippen molar-refractivity contribution in [3.05, 3.63) is 34.5 Å². The zero-order valence-electron chi connectivity index (χ0n) is 16.7. The Morgan fingerprint density at radius 1 is 1.32 bits per heavy atom. The quantitative estimate of drug-likeness (QED) is 0.754. The first-order valence-corrected chi connectivity index (χ1v) is 9.33. The van der Waals surface area contributed by atoms with E-state index in [1.807, 2.05) is 25.5 Å². The van der Waals surface area contributed by atoms with Crippen LogP contribution in [-0.2, 0) is 35.6 Å². The monoisotopic (exact) mass is 390 g/mol. The van der Waals surface area contributed by atoms with E-state index >= 15 is 0 Å². The lowest BCUT2D eigenvalue weighted by Gasteiger charge is -2.17. The first-order chi connectivity index (χ1) is 13.3. The number of rotatable bonds is 6. The minimum atomic E-state index is -0.435. The Bertz CT molecular complexity index is 862. The molecule has 1 aliphatic heterocycles. The molecule has 28 heavy (non-hydrogen) atoms. The molecule has 0 unspecified atom stereocenters. The number of fused-ring (bicyclic) bond motifs is 1. The Hall–Kier alpha value is -2.68. The molecule has 0 atom stereocenters. The van der Waals surface area contributed by atoms with Crippen LogP contribution in [-0.4, -0.2) is 39.5 Å². The van der Waals surface area contributed by atoms with Crippen molar-refractivity contribution in [1.29, 1.82) is 0 Å². The number of carbonyl (C=O) groups excluding carboxylic acids is 2. The number of methoxy groups -OCH3 is 1. The van der Waals surface area contributed by atoms with Gasteiger partial charge in [-0.2, -0.15) is 5.10 Å². The molecular formula is C19H26N4O5. The molecule has 0 saturated carbocycles. The third-order valence-electron chi connectivity index (χ3n) is 4.41. The Labute approximate surface area is 163 Å². The third kappa shape index (κ3) is 4.59. The fourth-order valence-electron chi connectivity index (χ4n) is 3.04. The maximum absolute atomic E-state index is 12.4. The summed E-state index contributed by atoms with van der Waals surface area (Å²) in [5.41, 5.74) is 1.64. The Kier molecular flexibility index (Phi) is 5.83. The highest BCUT2D eigenvalue weighted by molar-refractivity contribution is 5.93. The van der Waals surface area contributed by atoms with Gasteiger partial charge >= 0.3 is 5.97 Å². The number of aryl methyl sites for hydroxylation is 1. The van der Waals surface area contributed by atoms with E-state index in [0.717, 1.165) is 31.5 Å². The zero-order valence-corrected chi connectivity index (χ0v) is 16.7. The van der Waals surface area contributed by atoms with Crippen LogP contribution in [0.3, 0.4) is 0 Å². The predicted octanol–water partition coefficient (Wildman–Crippen LogP) is 2.24. The van der Waals surface area contributed by atoms with Crippen LogP contribution in [0.15, 0.2) is 10.6 Å². The van der Waals surface area contributed by atoms with Gasteiger partial charge in [0.2, 0.25) is 0 Å². The smallest absolute Gasteiger partial charge is 0.341 e. The van der Waals surface area contributed by atoms with Crippen LogP contribution in [0.4, 0.5) is 0 Å². The van der Waals surface area contributed by atoms with Crippen molar-refractivity contribution in [1.82, 2.24) is 20.3 Å². The van der Waals surface area contributed by atoms with Crippen LogP contribution in [0.2, 0.25) is 0 Å². The molecule has 0 fully saturated rings. The maximum Gasteiger partial charge on any atom is 0.341 e. The summed E-state index contributed by atoms with van der Waals surface area (Å²) in [6.45, 7) is 6.88. The third-order valence-corrected chi connectivity index (χ3v) is 4.41. The normalized spacial score (nSPS) is 13.9. The first-order valence-electron chi connectivity index (χ1n) is 9.33. The highest BCUT2D eigenvalue weighted by atomic mass is 16.5. The van der Waals surface area contributed by atoms with E-state index in [0.29, 0.717) is 17.0 Å². The standard InChI is InChI=1S/C19H26N4O5/c1-19(2,3)27-11-12-9-13(22-28-12)17(24)20-10-14-16(18(25)26-4)15-7-5-6-8-23(15)21-14/h9H,5-8,10-11H2,1-4H3,(H,20,24). The number of nitrogens with one attached hydrogen (secondary N) is 1. The zero-order chi connectivity index (χ0) is 20.3. The van der Waals surface area contributed by atoms with Crippen LogP contribution in [0.5, 0.6) is 0 Å². The van der Waals surface area contributed by atoms with Gasteiger partial charge in [0.05, 0.1) is 30.6 Å². The lowest BCUT2D eigenvalue weighted by molar-refractivity contribution is -0.0241. The lowest BCUT2D eigenvalue weighted by Crippen LogP contribution is -2.24. The molecule has 9 nitrogen and oxygen atoms in total. The topological polar surface area (TPSA) is 108 Å². The molecule has 0 radical (unpaired) electrons. The van der Waals surface area contributed by atoms with Crippen LogP contribution in [0.1, 0.15) is 71.6 Å². The Balaban J connectivity index is 1.67. The highest BCUT2D eigenvalue weighted by Gasteiger charge is 2.26. The molecule has 0 bridgehead atoms. The summed E-state index contributed by atoms with van der Waals surface area (Å²) in [6.07, 6.45) is 2.78. The van der Waals surface area contributed by atoms with Gasteiger partial charge in [-0.3, -0.25) is 9.48 Å². The van der Waals surface area contributed by atoms with E-state index in [2.05, 4.69) is 15.6 Å². The summed E-state index contributed by atoms with van der Waals surface area (Å²) >= 11 is 0. The molecule has 1 aliphatic rings. The van der Waals surface area contributed by atoms with Crippen molar-refractivity contribution in [2.45, 2.75) is 65.3 Å². The summed E-state index contributed by atoms with van der Waals surface area (Å²) < 4.78 is 17.5. The first kappa shape index (κ1) is 20.1. The molecule has 2 aromatic heterocycles. The number of ether oxygens (including phenoxy) is 2. The predicted molar refractivity (Wildman–Crippen MR) is 98.7 cm³/mol. The molecular weight excluding hydrogens is 364 g/mol. The summed E-state index contributed by atoms with van der Waals surface area (Å²) in [7, 11) is 1.34. The average Bonchev–Trinajstić information content (AvgIpc) is 3.27. The minimum Gasteiger partial charge on any atom is -0.465 e. The van der Waals surface area contributed by atoms with E-state index < -0.39 is 11.9 Å². The van der Waals surface area contributed by atoms with E-state index in [4.69, 9.17) is 14.0 Å². The molecule has 9 heteroatoms. The second kappa shape index (κ2) is 8.14. The van der Waals surface area contributed by atoms with E-state index in [1.165, 1.54) is 7.11 Å². The molecule has 2 aromatic rings. The number of nitrogens with zero attached hydrogens (tertiary/aromatic N) is 3. The Morgan fingerprint density at radius 2 is 2.11 bits per heavy atom. The molecule has 0 aromatic carbocycles. The van der Waals surface area contributed by atoms with Gasteiger partial charge in [0, 0.05) is 12.6 Å². The Morgan fingerprint density at radius 3 is 2.82 bits per heavy atom. The number of carbonyl (C=O) groups is 2. The van der Waals surface area contributed by atoms with Crippen LogP contribution in [0, 0.1) is 0 Å². The second-order valence-corrected chi connectivity index (χ2v) is 7.70. The van der Waals surface area contributed by atoms with Crippen molar-refractivity contribution < 1.29 is 23.6 Å². The van der Waals surface area contributed by atoms with Crippen molar-refractivity contribution >= 4 is 11.9 Å². The van der Waals surface area contributed by atoms with Gasteiger partial charge in [-0.1, -0.05) is 5.16 Å². The number of hydrogen-bond donors (Lipinski definition) is 1. The maximum atomic E-state index is 12.4. The molecule has 3 rings (SSSR count). The van der Waals surface area contributed by atoms with Gasteiger partial charge in [-0.05, 0) is 40.0 Å². The number of aromatic nitrogens is 3. The number of esters is 1. The fraction of sp³-hybridized carbons (Fsp3) is 0.579. The van der Waals surface area contributed by atoms with Crippen molar-refractivity contribution in [3.8, 4) is 0 Å². The SMILES string of the molecule is COC(=O)c1c(CNC(=O)c2cc(COC(C)(C)C)on2)nn2c1CCCC2. The van der Waals surface area contributed by atoms with Crippen LogP contribution in [0.25, 0.3) is 0 Å². The summed E-state index contributed by atoms with van der Waals surface area (Å²) in [5, 5.41) is 11.0. The number of hydrogen-bond acceptors (Lipinski definition) is 7. The van der Waals surface area contributed by atoms with Crippen molar-refractivity contribution in [3.63, 3.8) is 0 Å². The molecule has 152 valence electrons. The van der Waals surface area contributed by atoms with Gasteiger partial charge in [0.15, 0.2) is 11.5 Å². The van der Waals surface area contributed by atoms with Crippen molar-refractivity contribution in [2.75, 3.05) is 7.11 Å². The lowest BCUT2D eigenvalue weighted by atomic mass is 10.0. The molecule has 0 saturated heterocycles. The van der Waals surface area contributed by atoms with Crippen LogP contribution >= 0.6 is 0 Å². The molecule has 1 amide bonds. The molecule has 0 spiro atoms. The summed E-state index contributed by atoms with van der Waals surface area (Å²) in [4.78, 5) is 24.6. The fourth-order valence-corrected chi connectivity index (χ4v) is 3.04. The molecule has 0 aliphatic carbocycles. The van der Waals surface area contributed by atoms with Crippen molar-refractivity contribution in [2.24, 2.45) is 0 Å². The van der Waals surface area contributed by atoms with Gasteiger partial charge in [0.1, 0.15) is 12.2 Å². The van der Waals surface area contributed by atoms with Gasteiger partial charge in [-0.25, -0.2) is 4.79 Å². The van der Waals surface area contributed by atoms with Gasteiger partial charge in [0.25, 0.3) is 5.91 Å². The van der Waals surface area contributed by atoms with Crippen LogP contribution < -0.4 is 5.32 Å². The molecule has 1 N–H and O–H groups in total. The molecule has 3 heterocycles. The summed E-state index contributed by atoms with van der Waals surface area (Å²) in [5.74, 6) is -0.379. The van der Waals surface area contributed by atoms with E-state index in [1.54, 1.807) is 6.07 Å². The number of amides is 1. The minimum absolute atomic E-state index is 0.101. The second-order valence-electron chi connectivity index (χ2n) is 7.70. The summed E-state index contributed by atoms with van der Waals surface area (Å²) in [6, 6.07) is 1.54. The highest BCUT2D eigenvalue weighted by Crippen LogP contribution is 2.22. The van der Waals surface area contributed by atoms with Gasteiger partial charge < -0.3 is 19.3 Å². The largest absolute Gasteiger partial charge is 0.465 e. The van der Waals surface area contributed by atoms with Gasteiger partial charge in [-0.15, -0.1) is 0 Å². The average molecular weight is 390 g/mol. The van der Waals surface area contributed by atoms with E-state index in [-0.39, 0.29) is 24.4 Å².